The second-order valence-corrected chi connectivity index (χ2v) is 5.98. The van der Waals surface area contributed by atoms with Gasteiger partial charge in [-0.05, 0) is 17.9 Å². The van der Waals surface area contributed by atoms with Gasteiger partial charge in [-0.1, -0.05) is 94.4 Å². The maximum absolute atomic E-state index is 3.99. The van der Waals surface area contributed by atoms with E-state index < -0.39 is 0 Å². The molecular weight excluding hydrogens is 252 g/mol. The first kappa shape index (κ1) is 17.8. The van der Waals surface area contributed by atoms with E-state index in [9.17, 15) is 0 Å². The Hall–Kier alpha value is -1.30. The number of benzene rings is 1. The van der Waals surface area contributed by atoms with E-state index >= 15 is 0 Å². The molecule has 0 saturated carbocycles. The number of hydrogen-bond donors (Lipinski definition) is 0. The minimum absolute atomic E-state index is 0.382. The summed E-state index contributed by atoms with van der Waals surface area (Å²) in [5.74, 6) is 0.921. The first-order valence-electron chi connectivity index (χ1n) is 8.63. The van der Waals surface area contributed by atoms with Crippen LogP contribution in [0.4, 0.5) is 0 Å². The minimum Gasteiger partial charge on any atom is -0.102 e. The standard InChI is InChI=1S/C21H32/c1-4-7-8-9-10-11-15-18-21(19(5-2)6-3)20-16-13-12-14-17-20/h5-6,12-14,16-17,19,21H,2-4,7-11,15,18H2,1H3. The van der Waals surface area contributed by atoms with Crippen LogP contribution in [-0.4, -0.2) is 0 Å². The number of rotatable bonds is 12. The van der Waals surface area contributed by atoms with E-state index in [1.54, 1.807) is 0 Å². The van der Waals surface area contributed by atoms with Gasteiger partial charge in [0.05, 0.1) is 0 Å². The zero-order chi connectivity index (χ0) is 15.3. The average molecular weight is 284 g/mol. The summed E-state index contributed by atoms with van der Waals surface area (Å²) in [5.41, 5.74) is 1.42. The predicted octanol–water partition coefficient (Wildman–Crippen LogP) is 6.90. The van der Waals surface area contributed by atoms with Gasteiger partial charge in [0.25, 0.3) is 0 Å². The van der Waals surface area contributed by atoms with E-state index in [0.717, 1.165) is 0 Å². The van der Waals surface area contributed by atoms with Gasteiger partial charge in [0.2, 0.25) is 0 Å². The molecule has 0 bridgehead atoms. The molecule has 116 valence electrons. The van der Waals surface area contributed by atoms with Gasteiger partial charge >= 0.3 is 0 Å². The van der Waals surface area contributed by atoms with Crippen molar-refractivity contribution in [3.8, 4) is 0 Å². The molecule has 1 rings (SSSR count). The lowest BCUT2D eigenvalue weighted by molar-refractivity contribution is 0.496. The van der Waals surface area contributed by atoms with Crippen LogP contribution >= 0.6 is 0 Å². The Morgan fingerprint density at radius 3 is 2.00 bits per heavy atom. The second kappa shape index (κ2) is 11.4. The molecule has 0 saturated heterocycles. The Morgan fingerprint density at radius 2 is 1.43 bits per heavy atom. The van der Waals surface area contributed by atoms with Crippen LogP contribution in [-0.2, 0) is 0 Å². The highest BCUT2D eigenvalue weighted by Gasteiger charge is 2.17. The van der Waals surface area contributed by atoms with Crippen LogP contribution in [0.2, 0.25) is 0 Å². The maximum atomic E-state index is 3.99. The van der Waals surface area contributed by atoms with Crippen LogP contribution in [0.5, 0.6) is 0 Å². The average Bonchev–Trinajstić information content (AvgIpc) is 2.54. The SMILES string of the molecule is C=CC(C=C)C(CCCCCCCCC)c1ccccc1. The highest BCUT2D eigenvalue weighted by Crippen LogP contribution is 2.31. The van der Waals surface area contributed by atoms with Crippen LogP contribution in [0.25, 0.3) is 0 Å². The van der Waals surface area contributed by atoms with E-state index in [4.69, 9.17) is 0 Å². The molecule has 21 heavy (non-hydrogen) atoms. The van der Waals surface area contributed by atoms with Gasteiger partial charge in [-0.3, -0.25) is 0 Å². The van der Waals surface area contributed by atoms with Gasteiger partial charge < -0.3 is 0 Å². The molecule has 1 aromatic rings. The van der Waals surface area contributed by atoms with Gasteiger partial charge in [0.1, 0.15) is 0 Å². The third-order valence-electron chi connectivity index (χ3n) is 4.36. The first-order chi connectivity index (χ1) is 10.3. The summed E-state index contributed by atoms with van der Waals surface area (Å²) < 4.78 is 0. The second-order valence-electron chi connectivity index (χ2n) is 5.98. The molecule has 1 atom stereocenters. The van der Waals surface area contributed by atoms with Crippen molar-refractivity contribution in [2.45, 2.75) is 64.2 Å². The molecule has 0 amide bonds. The fraction of sp³-hybridized carbons (Fsp3) is 0.524. The molecule has 0 fully saturated rings. The van der Waals surface area contributed by atoms with Crippen molar-refractivity contribution in [1.82, 2.24) is 0 Å². The van der Waals surface area contributed by atoms with Gasteiger partial charge in [0, 0.05) is 5.92 Å². The summed E-state index contributed by atoms with van der Waals surface area (Å²) in [6.45, 7) is 10.2. The Labute approximate surface area is 132 Å². The lowest BCUT2D eigenvalue weighted by atomic mass is 9.82. The van der Waals surface area contributed by atoms with E-state index in [2.05, 4.69) is 50.4 Å². The molecule has 0 aliphatic carbocycles. The number of unbranched alkanes of at least 4 members (excludes halogenated alkanes) is 6. The lowest BCUT2D eigenvalue weighted by Gasteiger charge is -2.22. The first-order valence-corrected chi connectivity index (χ1v) is 8.63. The van der Waals surface area contributed by atoms with Gasteiger partial charge in [-0.2, -0.15) is 0 Å². The predicted molar refractivity (Wildman–Crippen MR) is 95.7 cm³/mol. The number of allylic oxidation sites excluding steroid dienone is 2. The Kier molecular flexibility index (Phi) is 9.61. The van der Waals surface area contributed by atoms with Crippen molar-refractivity contribution < 1.29 is 0 Å². The maximum Gasteiger partial charge on any atom is 0.000994 e. The molecule has 1 aromatic carbocycles. The van der Waals surface area contributed by atoms with Gasteiger partial charge in [-0.25, -0.2) is 0 Å². The molecule has 0 radical (unpaired) electrons. The molecule has 0 heteroatoms. The fourth-order valence-corrected chi connectivity index (χ4v) is 3.03. The topological polar surface area (TPSA) is 0 Å². The monoisotopic (exact) mass is 284 g/mol. The molecule has 0 aliphatic heterocycles. The molecule has 0 aliphatic rings. The molecule has 0 heterocycles. The zero-order valence-electron chi connectivity index (χ0n) is 13.8. The summed E-state index contributed by atoms with van der Waals surface area (Å²) in [4.78, 5) is 0. The lowest BCUT2D eigenvalue weighted by Crippen LogP contribution is -2.08. The van der Waals surface area contributed by atoms with E-state index in [-0.39, 0.29) is 0 Å². The largest absolute Gasteiger partial charge is 0.102 e. The third-order valence-corrected chi connectivity index (χ3v) is 4.36. The van der Waals surface area contributed by atoms with Crippen LogP contribution in [0.1, 0.15) is 69.8 Å². The van der Waals surface area contributed by atoms with E-state index in [1.807, 2.05) is 12.2 Å². The highest BCUT2D eigenvalue weighted by molar-refractivity contribution is 5.23. The van der Waals surface area contributed by atoms with Crippen molar-refractivity contribution in [3.05, 3.63) is 61.2 Å². The van der Waals surface area contributed by atoms with Crippen LogP contribution < -0.4 is 0 Å². The van der Waals surface area contributed by atoms with Crippen LogP contribution in [0.3, 0.4) is 0 Å². The van der Waals surface area contributed by atoms with Crippen LogP contribution in [0, 0.1) is 5.92 Å². The molecule has 1 unspecified atom stereocenters. The van der Waals surface area contributed by atoms with Gasteiger partial charge in [-0.15, -0.1) is 13.2 Å². The Balaban J connectivity index is 2.43. The molecule has 0 nitrogen and oxygen atoms in total. The molecule has 0 N–H and O–H groups in total. The molecule has 0 spiro atoms. The normalized spacial score (nSPS) is 12.3. The fourth-order valence-electron chi connectivity index (χ4n) is 3.03. The quantitative estimate of drug-likeness (QED) is 0.289. The number of hydrogen-bond acceptors (Lipinski definition) is 0. The van der Waals surface area contributed by atoms with E-state index in [0.29, 0.717) is 11.8 Å². The summed E-state index contributed by atoms with van der Waals surface area (Å²) in [6, 6.07) is 10.8. The summed E-state index contributed by atoms with van der Waals surface area (Å²) in [7, 11) is 0. The smallest absolute Gasteiger partial charge is 0.000994 e. The highest BCUT2D eigenvalue weighted by atomic mass is 14.2. The van der Waals surface area contributed by atoms with Crippen LogP contribution in [0.15, 0.2) is 55.6 Å². The summed E-state index contributed by atoms with van der Waals surface area (Å²) >= 11 is 0. The third kappa shape index (κ3) is 6.80. The summed E-state index contributed by atoms with van der Waals surface area (Å²) in [5, 5.41) is 0. The molecule has 0 aromatic heterocycles. The molecular formula is C21H32. The van der Waals surface area contributed by atoms with E-state index in [1.165, 1.54) is 56.9 Å². The van der Waals surface area contributed by atoms with Crippen molar-refractivity contribution in [3.63, 3.8) is 0 Å². The Morgan fingerprint density at radius 1 is 0.857 bits per heavy atom. The minimum atomic E-state index is 0.382. The van der Waals surface area contributed by atoms with Crippen molar-refractivity contribution in [2.75, 3.05) is 0 Å². The zero-order valence-corrected chi connectivity index (χ0v) is 13.8. The summed E-state index contributed by atoms with van der Waals surface area (Å²) in [6.07, 6.45) is 14.9. The van der Waals surface area contributed by atoms with Crippen molar-refractivity contribution in [2.24, 2.45) is 5.92 Å². The van der Waals surface area contributed by atoms with Crippen molar-refractivity contribution in [1.29, 1.82) is 0 Å². The van der Waals surface area contributed by atoms with Gasteiger partial charge in [0.15, 0.2) is 0 Å². The van der Waals surface area contributed by atoms with Crippen molar-refractivity contribution >= 4 is 0 Å². The Bertz CT molecular complexity index is 368.